The molecule has 30 heavy (non-hydrogen) atoms. The summed E-state index contributed by atoms with van der Waals surface area (Å²) in [6, 6.07) is 15.7. The van der Waals surface area contributed by atoms with Gasteiger partial charge in [0, 0.05) is 31.5 Å². The highest BCUT2D eigenvalue weighted by Gasteiger charge is 2.20. The Labute approximate surface area is 177 Å². The predicted octanol–water partition coefficient (Wildman–Crippen LogP) is 2.65. The van der Waals surface area contributed by atoms with E-state index in [-0.39, 0.29) is 11.8 Å². The second kappa shape index (κ2) is 11.8. The molecule has 2 aromatic rings. The van der Waals surface area contributed by atoms with E-state index in [4.69, 9.17) is 4.74 Å². The predicted molar refractivity (Wildman–Crippen MR) is 116 cm³/mol. The average Bonchev–Trinajstić information content (AvgIpc) is 2.75. The lowest BCUT2D eigenvalue weighted by Gasteiger charge is -2.23. The van der Waals surface area contributed by atoms with Gasteiger partial charge in [-0.15, -0.1) is 0 Å². The van der Waals surface area contributed by atoms with Gasteiger partial charge in [0.25, 0.3) is 0 Å². The maximum atomic E-state index is 12.5. The molecule has 0 fully saturated rings. The van der Waals surface area contributed by atoms with Gasteiger partial charge in [-0.05, 0) is 50.2 Å². The van der Waals surface area contributed by atoms with Crippen molar-refractivity contribution in [2.45, 2.75) is 19.4 Å². The van der Waals surface area contributed by atoms with Crippen LogP contribution in [0, 0.1) is 0 Å². The Balaban J connectivity index is 2.00. The number of hydrogen-bond acceptors (Lipinski definition) is 5. The molecule has 0 heterocycles. The Morgan fingerprint density at radius 3 is 2.23 bits per heavy atom. The van der Waals surface area contributed by atoms with E-state index < -0.39 is 11.8 Å². The van der Waals surface area contributed by atoms with Crippen LogP contribution in [0.25, 0.3) is 0 Å². The highest BCUT2D eigenvalue weighted by molar-refractivity contribution is 6.39. The van der Waals surface area contributed by atoms with Gasteiger partial charge in [-0.3, -0.25) is 14.4 Å². The molecule has 2 rings (SSSR count). The molecule has 0 saturated carbocycles. The first-order valence-corrected chi connectivity index (χ1v) is 9.86. The van der Waals surface area contributed by atoms with E-state index in [9.17, 15) is 14.4 Å². The van der Waals surface area contributed by atoms with E-state index >= 15 is 0 Å². The van der Waals surface area contributed by atoms with Crippen molar-refractivity contribution in [1.82, 2.24) is 10.2 Å². The number of carbonyl (C=O) groups excluding carboxylic acids is 3. The van der Waals surface area contributed by atoms with Crippen molar-refractivity contribution in [3.63, 3.8) is 0 Å². The van der Waals surface area contributed by atoms with Crippen LogP contribution in [0.5, 0.6) is 0 Å². The molecule has 160 valence electrons. The van der Waals surface area contributed by atoms with Gasteiger partial charge in [0.15, 0.2) is 5.78 Å². The highest BCUT2D eigenvalue weighted by Crippen LogP contribution is 2.17. The van der Waals surface area contributed by atoms with Crippen LogP contribution in [0.3, 0.4) is 0 Å². The third-order valence-electron chi connectivity index (χ3n) is 4.74. The molecule has 2 amide bonds. The van der Waals surface area contributed by atoms with E-state index in [1.165, 1.54) is 6.92 Å². The molecule has 0 aliphatic heterocycles. The first kappa shape index (κ1) is 23.3. The Morgan fingerprint density at radius 2 is 1.63 bits per heavy atom. The summed E-state index contributed by atoms with van der Waals surface area (Å²) < 4.78 is 5.09. The zero-order valence-electron chi connectivity index (χ0n) is 17.7. The normalized spacial score (nSPS) is 11.7. The lowest BCUT2D eigenvalue weighted by molar-refractivity contribution is -0.136. The van der Waals surface area contributed by atoms with Gasteiger partial charge < -0.3 is 20.3 Å². The zero-order valence-corrected chi connectivity index (χ0v) is 17.7. The fourth-order valence-corrected chi connectivity index (χ4v) is 2.92. The van der Waals surface area contributed by atoms with E-state index in [2.05, 4.69) is 15.5 Å². The second-order valence-electron chi connectivity index (χ2n) is 7.11. The third kappa shape index (κ3) is 7.42. The van der Waals surface area contributed by atoms with E-state index in [1.54, 1.807) is 31.4 Å². The number of carbonyl (C=O) groups is 3. The Hall–Kier alpha value is -3.03. The average molecular weight is 412 g/mol. The minimum atomic E-state index is -0.751. The molecule has 7 nitrogen and oxygen atoms in total. The van der Waals surface area contributed by atoms with Crippen molar-refractivity contribution < 1.29 is 19.1 Å². The van der Waals surface area contributed by atoms with Crippen LogP contribution < -0.4 is 10.6 Å². The van der Waals surface area contributed by atoms with Crippen molar-refractivity contribution in [3.8, 4) is 0 Å². The Kier molecular flexibility index (Phi) is 9.18. The molecule has 0 aliphatic carbocycles. The number of nitrogens with one attached hydrogen (secondary N) is 2. The standard InChI is InChI=1S/C23H29N3O4/c1-17(27)18-9-11-20(12-10-18)24-22(28)23(29)25-21(19-7-5-4-6-8-19)13-14-26(2)15-16-30-3/h4-12,21H,13-16H2,1-3H3,(H,24,28)(H,25,29). The minimum absolute atomic E-state index is 0.0632. The number of nitrogens with zero attached hydrogens (tertiary/aromatic N) is 1. The van der Waals surface area contributed by atoms with Crippen LogP contribution in [0.4, 0.5) is 5.69 Å². The summed E-state index contributed by atoms with van der Waals surface area (Å²) >= 11 is 0. The van der Waals surface area contributed by atoms with E-state index in [0.29, 0.717) is 24.3 Å². The van der Waals surface area contributed by atoms with Crippen LogP contribution in [-0.4, -0.2) is 56.4 Å². The molecule has 1 unspecified atom stereocenters. The van der Waals surface area contributed by atoms with Gasteiger partial charge in [0.05, 0.1) is 12.6 Å². The van der Waals surface area contributed by atoms with Crippen LogP contribution in [0.2, 0.25) is 0 Å². The first-order chi connectivity index (χ1) is 14.4. The molecule has 0 spiro atoms. The molecule has 0 radical (unpaired) electrons. The van der Waals surface area contributed by atoms with Gasteiger partial charge in [0.2, 0.25) is 0 Å². The van der Waals surface area contributed by atoms with Crippen molar-refractivity contribution in [1.29, 1.82) is 0 Å². The molecule has 0 aromatic heterocycles. The number of ether oxygens (including phenoxy) is 1. The molecule has 2 N–H and O–H groups in total. The minimum Gasteiger partial charge on any atom is -0.383 e. The molecular formula is C23H29N3O4. The van der Waals surface area contributed by atoms with E-state index in [0.717, 1.165) is 18.7 Å². The first-order valence-electron chi connectivity index (χ1n) is 9.86. The van der Waals surface area contributed by atoms with Gasteiger partial charge in [0.1, 0.15) is 0 Å². The molecule has 1 atom stereocenters. The van der Waals surface area contributed by atoms with Crippen molar-refractivity contribution in [2.24, 2.45) is 0 Å². The summed E-state index contributed by atoms with van der Waals surface area (Å²) in [5.41, 5.74) is 1.93. The van der Waals surface area contributed by atoms with Crippen LogP contribution in [0.15, 0.2) is 54.6 Å². The number of methoxy groups -OCH3 is 1. The SMILES string of the molecule is COCCN(C)CCC(NC(=O)C(=O)Nc1ccc(C(C)=O)cc1)c1ccccc1. The third-order valence-corrected chi connectivity index (χ3v) is 4.74. The Morgan fingerprint density at radius 1 is 0.967 bits per heavy atom. The van der Waals surface area contributed by atoms with Crippen molar-refractivity contribution in [2.75, 3.05) is 39.2 Å². The molecule has 0 bridgehead atoms. The lowest BCUT2D eigenvalue weighted by atomic mass is 10.0. The summed E-state index contributed by atoms with van der Waals surface area (Å²) in [6.45, 7) is 3.61. The Bertz CT molecular complexity index is 837. The molecule has 2 aromatic carbocycles. The fraction of sp³-hybridized carbons (Fsp3) is 0.348. The summed E-state index contributed by atoms with van der Waals surface area (Å²) in [4.78, 5) is 38.3. The van der Waals surface area contributed by atoms with Gasteiger partial charge >= 0.3 is 11.8 Å². The number of likely N-dealkylation sites (N-methyl/N-ethyl adjacent to an activating group) is 1. The smallest absolute Gasteiger partial charge is 0.313 e. The van der Waals surface area contributed by atoms with Gasteiger partial charge in [-0.1, -0.05) is 30.3 Å². The molecule has 0 saturated heterocycles. The number of ketones is 1. The monoisotopic (exact) mass is 411 g/mol. The molecule has 0 aliphatic rings. The highest BCUT2D eigenvalue weighted by atomic mass is 16.5. The zero-order chi connectivity index (χ0) is 21.9. The summed E-state index contributed by atoms with van der Waals surface area (Å²) in [6.07, 6.45) is 0.649. The number of amides is 2. The lowest BCUT2D eigenvalue weighted by Crippen LogP contribution is -2.39. The summed E-state index contributed by atoms with van der Waals surface area (Å²) in [7, 11) is 3.65. The number of rotatable bonds is 10. The fourth-order valence-electron chi connectivity index (χ4n) is 2.92. The number of anilines is 1. The van der Waals surface area contributed by atoms with Crippen molar-refractivity contribution >= 4 is 23.3 Å². The van der Waals surface area contributed by atoms with Crippen LogP contribution >= 0.6 is 0 Å². The number of benzene rings is 2. The maximum absolute atomic E-state index is 12.5. The summed E-state index contributed by atoms with van der Waals surface area (Å²) in [5, 5.41) is 5.40. The van der Waals surface area contributed by atoms with Gasteiger partial charge in [-0.2, -0.15) is 0 Å². The van der Waals surface area contributed by atoms with Crippen molar-refractivity contribution in [3.05, 3.63) is 65.7 Å². The van der Waals surface area contributed by atoms with Gasteiger partial charge in [-0.25, -0.2) is 0 Å². The molecular weight excluding hydrogens is 382 g/mol. The topological polar surface area (TPSA) is 87.7 Å². The van der Waals surface area contributed by atoms with Crippen LogP contribution in [0.1, 0.15) is 35.3 Å². The quantitative estimate of drug-likeness (QED) is 0.464. The number of Topliss-reactive ketones (excluding diaryl/α,β-unsaturated/α-hetero) is 1. The molecule has 7 heteroatoms. The second-order valence-corrected chi connectivity index (χ2v) is 7.11. The number of hydrogen-bond donors (Lipinski definition) is 2. The maximum Gasteiger partial charge on any atom is 0.313 e. The van der Waals surface area contributed by atoms with Crippen LogP contribution in [-0.2, 0) is 14.3 Å². The summed E-state index contributed by atoms with van der Waals surface area (Å²) in [5.74, 6) is -1.52. The van der Waals surface area contributed by atoms with E-state index in [1.807, 2.05) is 37.4 Å². The largest absolute Gasteiger partial charge is 0.383 e.